The molecule has 1 saturated heterocycles. The molecular formula is C14H15F3N2O2. The Bertz CT molecular complexity index is 533. The van der Waals surface area contributed by atoms with E-state index in [0.29, 0.717) is 18.4 Å². The number of hydrogen-bond acceptors (Lipinski definition) is 2. The molecule has 1 aromatic rings. The summed E-state index contributed by atoms with van der Waals surface area (Å²) in [5.41, 5.74) is -0.350. The Morgan fingerprint density at radius 1 is 1.38 bits per heavy atom. The Morgan fingerprint density at radius 2 is 2.14 bits per heavy atom. The van der Waals surface area contributed by atoms with Crippen molar-refractivity contribution in [3.63, 3.8) is 0 Å². The summed E-state index contributed by atoms with van der Waals surface area (Å²) in [5, 5.41) is 5.20. The number of alkyl halides is 3. The summed E-state index contributed by atoms with van der Waals surface area (Å²) in [5.74, 6) is -0.669. The van der Waals surface area contributed by atoms with E-state index < -0.39 is 11.7 Å². The number of halogens is 3. The highest BCUT2D eigenvalue weighted by Gasteiger charge is 2.30. The van der Waals surface area contributed by atoms with Crippen LogP contribution in [0, 0.1) is 5.92 Å². The van der Waals surface area contributed by atoms with Crippen LogP contribution in [0.5, 0.6) is 0 Å². The third kappa shape index (κ3) is 4.21. The Balaban J connectivity index is 1.91. The molecule has 0 aliphatic carbocycles. The summed E-state index contributed by atoms with van der Waals surface area (Å²) in [7, 11) is 0. The van der Waals surface area contributed by atoms with Gasteiger partial charge in [0.1, 0.15) is 0 Å². The second kappa shape index (κ2) is 6.15. The monoisotopic (exact) mass is 300 g/mol. The Labute approximate surface area is 119 Å². The standard InChI is InChI=1S/C14H15F3N2O2/c15-14(16,17)11-3-1-2-9(6-11)7-19-13(21)10-4-5-12(20)18-8-10/h1-3,6,10H,4-5,7-8H2,(H,18,20)(H,19,21). The summed E-state index contributed by atoms with van der Waals surface area (Å²) in [6, 6.07) is 4.84. The van der Waals surface area contributed by atoms with Gasteiger partial charge in [0.2, 0.25) is 11.8 Å². The van der Waals surface area contributed by atoms with Crippen LogP contribution in [-0.4, -0.2) is 18.4 Å². The molecule has 21 heavy (non-hydrogen) atoms. The molecule has 1 heterocycles. The van der Waals surface area contributed by atoms with Gasteiger partial charge in [0.15, 0.2) is 0 Å². The average molecular weight is 300 g/mol. The molecule has 1 fully saturated rings. The lowest BCUT2D eigenvalue weighted by Crippen LogP contribution is -2.42. The molecule has 0 saturated carbocycles. The third-order valence-electron chi connectivity index (χ3n) is 3.36. The molecule has 0 aromatic heterocycles. The van der Waals surface area contributed by atoms with Crippen molar-refractivity contribution in [3.8, 4) is 0 Å². The molecule has 0 radical (unpaired) electrons. The largest absolute Gasteiger partial charge is 0.416 e. The minimum absolute atomic E-state index is 0.0349. The minimum atomic E-state index is -4.40. The van der Waals surface area contributed by atoms with Gasteiger partial charge in [-0.1, -0.05) is 12.1 Å². The van der Waals surface area contributed by atoms with Crippen LogP contribution in [0.2, 0.25) is 0 Å². The van der Waals surface area contributed by atoms with Gasteiger partial charge in [-0.05, 0) is 24.1 Å². The highest BCUT2D eigenvalue weighted by Crippen LogP contribution is 2.29. The van der Waals surface area contributed by atoms with Crippen molar-refractivity contribution in [3.05, 3.63) is 35.4 Å². The number of carbonyl (C=O) groups excluding carboxylic acids is 2. The number of amides is 2. The van der Waals surface area contributed by atoms with Gasteiger partial charge in [-0.3, -0.25) is 9.59 Å². The molecule has 2 N–H and O–H groups in total. The van der Waals surface area contributed by atoms with Gasteiger partial charge in [-0.15, -0.1) is 0 Å². The first kappa shape index (κ1) is 15.3. The van der Waals surface area contributed by atoms with Crippen LogP contribution in [-0.2, 0) is 22.3 Å². The smallest absolute Gasteiger partial charge is 0.355 e. The number of piperidine rings is 1. The van der Waals surface area contributed by atoms with Gasteiger partial charge in [0, 0.05) is 19.5 Å². The van der Waals surface area contributed by atoms with Gasteiger partial charge in [0.05, 0.1) is 11.5 Å². The SMILES string of the molecule is O=C1CCC(C(=O)NCc2cccc(C(F)(F)F)c2)CN1. The Hall–Kier alpha value is -2.05. The van der Waals surface area contributed by atoms with E-state index >= 15 is 0 Å². The second-order valence-electron chi connectivity index (χ2n) is 4.96. The average Bonchev–Trinajstić information content (AvgIpc) is 2.45. The van der Waals surface area contributed by atoms with E-state index in [1.54, 1.807) is 0 Å². The van der Waals surface area contributed by atoms with Crippen molar-refractivity contribution in [2.24, 2.45) is 5.92 Å². The van der Waals surface area contributed by atoms with Crippen LogP contribution < -0.4 is 10.6 Å². The maximum absolute atomic E-state index is 12.6. The zero-order chi connectivity index (χ0) is 15.5. The van der Waals surface area contributed by atoms with Crippen LogP contribution in [0.1, 0.15) is 24.0 Å². The van der Waals surface area contributed by atoms with E-state index in [9.17, 15) is 22.8 Å². The van der Waals surface area contributed by atoms with Gasteiger partial charge in [0.25, 0.3) is 0 Å². The highest BCUT2D eigenvalue weighted by molar-refractivity contribution is 5.83. The molecule has 7 heteroatoms. The second-order valence-corrected chi connectivity index (χ2v) is 4.96. The maximum atomic E-state index is 12.6. The predicted octanol–water partition coefficient (Wildman–Crippen LogP) is 1.85. The normalized spacial score (nSPS) is 19.0. The number of hydrogen-bond donors (Lipinski definition) is 2. The molecule has 1 unspecified atom stereocenters. The molecule has 1 aromatic carbocycles. The van der Waals surface area contributed by atoms with Crippen LogP contribution in [0.3, 0.4) is 0 Å². The van der Waals surface area contributed by atoms with E-state index in [0.717, 1.165) is 12.1 Å². The summed E-state index contributed by atoms with van der Waals surface area (Å²) < 4.78 is 37.7. The van der Waals surface area contributed by atoms with Crippen molar-refractivity contribution in [2.75, 3.05) is 6.54 Å². The van der Waals surface area contributed by atoms with Gasteiger partial charge < -0.3 is 10.6 Å². The minimum Gasteiger partial charge on any atom is -0.355 e. The fourth-order valence-electron chi connectivity index (χ4n) is 2.15. The lowest BCUT2D eigenvalue weighted by atomic mass is 9.98. The summed E-state index contributed by atoms with van der Waals surface area (Å²) in [6.45, 7) is 0.306. The fourth-order valence-corrected chi connectivity index (χ4v) is 2.15. The number of nitrogens with one attached hydrogen (secondary N) is 2. The van der Waals surface area contributed by atoms with Crippen LogP contribution in [0.25, 0.3) is 0 Å². The van der Waals surface area contributed by atoms with E-state index in [-0.39, 0.29) is 30.8 Å². The van der Waals surface area contributed by atoms with E-state index in [1.165, 1.54) is 12.1 Å². The van der Waals surface area contributed by atoms with Crippen molar-refractivity contribution >= 4 is 11.8 Å². The maximum Gasteiger partial charge on any atom is 0.416 e. The summed E-state index contributed by atoms with van der Waals surface area (Å²) >= 11 is 0. The van der Waals surface area contributed by atoms with E-state index in [2.05, 4.69) is 10.6 Å². The zero-order valence-electron chi connectivity index (χ0n) is 11.2. The van der Waals surface area contributed by atoms with Gasteiger partial charge in [-0.25, -0.2) is 0 Å². The quantitative estimate of drug-likeness (QED) is 0.895. The summed E-state index contributed by atoms with van der Waals surface area (Å²) in [4.78, 5) is 22.9. The van der Waals surface area contributed by atoms with Crippen LogP contribution in [0.15, 0.2) is 24.3 Å². The van der Waals surface area contributed by atoms with Gasteiger partial charge in [-0.2, -0.15) is 13.2 Å². The number of carbonyl (C=O) groups is 2. The number of benzene rings is 1. The summed E-state index contributed by atoms with van der Waals surface area (Å²) in [6.07, 6.45) is -3.64. The molecule has 0 bridgehead atoms. The first-order chi connectivity index (χ1) is 9.86. The van der Waals surface area contributed by atoms with E-state index in [1.807, 2.05) is 0 Å². The molecule has 0 spiro atoms. The first-order valence-electron chi connectivity index (χ1n) is 6.57. The fraction of sp³-hybridized carbons (Fsp3) is 0.429. The van der Waals surface area contributed by atoms with Gasteiger partial charge >= 0.3 is 6.18 Å². The molecule has 1 aliphatic heterocycles. The highest BCUT2D eigenvalue weighted by atomic mass is 19.4. The van der Waals surface area contributed by atoms with E-state index in [4.69, 9.17) is 0 Å². The molecule has 114 valence electrons. The topological polar surface area (TPSA) is 58.2 Å². The molecule has 2 rings (SSSR count). The molecule has 1 aliphatic rings. The number of rotatable bonds is 3. The molecule has 1 atom stereocenters. The lowest BCUT2D eigenvalue weighted by molar-refractivity contribution is -0.137. The zero-order valence-corrected chi connectivity index (χ0v) is 11.2. The van der Waals surface area contributed by atoms with Crippen LogP contribution in [0.4, 0.5) is 13.2 Å². The first-order valence-corrected chi connectivity index (χ1v) is 6.57. The molecule has 4 nitrogen and oxygen atoms in total. The predicted molar refractivity (Wildman–Crippen MR) is 69.0 cm³/mol. The molecular weight excluding hydrogens is 285 g/mol. The van der Waals surface area contributed by atoms with Crippen molar-refractivity contribution in [1.29, 1.82) is 0 Å². The van der Waals surface area contributed by atoms with Crippen molar-refractivity contribution < 1.29 is 22.8 Å². The molecule has 2 amide bonds. The third-order valence-corrected chi connectivity index (χ3v) is 3.36. The van der Waals surface area contributed by atoms with Crippen molar-refractivity contribution in [1.82, 2.24) is 10.6 Å². The van der Waals surface area contributed by atoms with Crippen LogP contribution >= 0.6 is 0 Å². The Kier molecular flexibility index (Phi) is 4.50. The van der Waals surface area contributed by atoms with Crippen molar-refractivity contribution in [2.45, 2.75) is 25.6 Å². The Morgan fingerprint density at radius 3 is 2.76 bits per heavy atom. The lowest BCUT2D eigenvalue weighted by Gasteiger charge is -2.21.